The molecule has 1 amide bonds. The maximum absolute atomic E-state index is 11.9. The van der Waals surface area contributed by atoms with E-state index in [9.17, 15) is 4.79 Å². The average Bonchev–Trinajstić information content (AvgIpc) is 2.83. The first kappa shape index (κ1) is 11.1. The number of aromatic amines is 1. The fourth-order valence-electron chi connectivity index (χ4n) is 1.97. The number of carbonyl (C=O) groups excluding carboxylic acids is 1. The van der Waals surface area contributed by atoms with Crippen LogP contribution in [-0.4, -0.2) is 28.7 Å². The van der Waals surface area contributed by atoms with E-state index in [-0.39, 0.29) is 18.0 Å². The summed E-state index contributed by atoms with van der Waals surface area (Å²) < 4.78 is 0. The van der Waals surface area contributed by atoms with E-state index >= 15 is 0 Å². The van der Waals surface area contributed by atoms with Crippen molar-refractivity contribution in [2.24, 2.45) is 0 Å². The number of hydrogen-bond acceptors (Lipinski definition) is 3. The fourth-order valence-corrected chi connectivity index (χ4v) is 1.97. The van der Waals surface area contributed by atoms with Crippen LogP contribution in [0.2, 0.25) is 0 Å². The summed E-state index contributed by atoms with van der Waals surface area (Å²) in [5.74, 6) is 0.0911. The quantitative estimate of drug-likeness (QED) is 0.706. The number of nitrogens with zero attached hydrogens (tertiary/aromatic N) is 1. The van der Waals surface area contributed by atoms with Crippen LogP contribution in [0.3, 0.4) is 0 Å². The van der Waals surface area contributed by atoms with Gasteiger partial charge in [0.15, 0.2) is 0 Å². The Morgan fingerprint density at radius 2 is 2.50 bits per heavy atom. The lowest BCUT2D eigenvalue weighted by atomic mass is 10.0. The summed E-state index contributed by atoms with van der Waals surface area (Å²) in [6, 6.07) is -0.0157. The Hall–Kier alpha value is -1.36. The van der Waals surface area contributed by atoms with Crippen LogP contribution >= 0.6 is 0 Å². The molecule has 1 unspecified atom stereocenters. The summed E-state index contributed by atoms with van der Waals surface area (Å²) in [6.07, 6.45) is 6.77. The van der Waals surface area contributed by atoms with Crippen LogP contribution in [0, 0.1) is 0 Å². The molecule has 5 nitrogen and oxygen atoms in total. The Labute approximate surface area is 95.0 Å². The van der Waals surface area contributed by atoms with E-state index in [4.69, 9.17) is 0 Å². The van der Waals surface area contributed by atoms with Crippen molar-refractivity contribution in [2.75, 3.05) is 6.54 Å². The van der Waals surface area contributed by atoms with Gasteiger partial charge in [-0.05, 0) is 26.3 Å². The lowest BCUT2D eigenvalue weighted by Gasteiger charge is -2.24. The summed E-state index contributed by atoms with van der Waals surface area (Å²) in [4.78, 5) is 11.9. The van der Waals surface area contributed by atoms with Crippen molar-refractivity contribution in [3.05, 3.63) is 18.0 Å². The largest absolute Gasteiger partial charge is 0.348 e. The Kier molecular flexibility index (Phi) is 3.56. The average molecular weight is 222 g/mol. The summed E-state index contributed by atoms with van der Waals surface area (Å²) in [5, 5.41) is 12.8. The zero-order valence-corrected chi connectivity index (χ0v) is 9.49. The Morgan fingerprint density at radius 3 is 3.12 bits per heavy atom. The van der Waals surface area contributed by atoms with Gasteiger partial charge < -0.3 is 10.6 Å². The SMILES string of the molecule is CC(NC(=O)[C@@H]1CCCCN1)c1cn[nH]c1. The summed E-state index contributed by atoms with van der Waals surface area (Å²) in [5.41, 5.74) is 1.00. The van der Waals surface area contributed by atoms with Gasteiger partial charge in [0.2, 0.25) is 5.91 Å². The van der Waals surface area contributed by atoms with E-state index in [1.165, 1.54) is 6.42 Å². The molecule has 1 aliphatic rings. The maximum Gasteiger partial charge on any atom is 0.237 e. The standard InChI is InChI=1S/C11H18N4O/c1-8(9-6-13-14-7-9)15-11(16)10-4-2-3-5-12-10/h6-8,10,12H,2-5H2,1H3,(H,13,14)(H,15,16)/t8?,10-/m0/s1. The third kappa shape index (κ3) is 2.61. The minimum absolute atomic E-state index is 0.00924. The molecule has 0 saturated carbocycles. The van der Waals surface area contributed by atoms with Crippen molar-refractivity contribution in [1.29, 1.82) is 0 Å². The molecule has 2 heterocycles. The third-order valence-electron chi connectivity index (χ3n) is 3.00. The van der Waals surface area contributed by atoms with Gasteiger partial charge >= 0.3 is 0 Å². The Bertz CT molecular complexity index is 330. The van der Waals surface area contributed by atoms with E-state index in [2.05, 4.69) is 20.8 Å². The molecule has 0 bridgehead atoms. The van der Waals surface area contributed by atoms with Crippen molar-refractivity contribution >= 4 is 5.91 Å². The van der Waals surface area contributed by atoms with E-state index in [0.717, 1.165) is 24.9 Å². The van der Waals surface area contributed by atoms with Gasteiger partial charge in [-0.25, -0.2) is 0 Å². The van der Waals surface area contributed by atoms with Gasteiger partial charge in [0.05, 0.1) is 18.3 Å². The van der Waals surface area contributed by atoms with Crippen molar-refractivity contribution in [2.45, 2.75) is 38.3 Å². The number of rotatable bonds is 3. The van der Waals surface area contributed by atoms with Gasteiger partial charge in [0, 0.05) is 11.8 Å². The van der Waals surface area contributed by atoms with Crippen molar-refractivity contribution in [3.8, 4) is 0 Å². The minimum Gasteiger partial charge on any atom is -0.348 e. The third-order valence-corrected chi connectivity index (χ3v) is 3.00. The van der Waals surface area contributed by atoms with Crippen LogP contribution < -0.4 is 10.6 Å². The van der Waals surface area contributed by atoms with Gasteiger partial charge in [0.25, 0.3) is 0 Å². The molecule has 1 aromatic rings. The zero-order valence-electron chi connectivity index (χ0n) is 9.49. The number of piperidine rings is 1. The van der Waals surface area contributed by atoms with Gasteiger partial charge in [-0.2, -0.15) is 5.10 Å². The van der Waals surface area contributed by atoms with Crippen molar-refractivity contribution in [1.82, 2.24) is 20.8 Å². The Morgan fingerprint density at radius 1 is 1.62 bits per heavy atom. The number of carbonyl (C=O) groups is 1. The van der Waals surface area contributed by atoms with Crippen LogP contribution in [0.25, 0.3) is 0 Å². The highest BCUT2D eigenvalue weighted by Crippen LogP contribution is 2.12. The van der Waals surface area contributed by atoms with E-state index in [1.54, 1.807) is 12.4 Å². The molecular weight excluding hydrogens is 204 g/mol. The first-order valence-corrected chi connectivity index (χ1v) is 5.80. The van der Waals surface area contributed by atoms with Crippen LogP contribution in [0.5, 0.6) is 0 Å². The van der Waals surface area contributed by atoms with E-state index in [1.807, 2.05) is 6.92 Å². The summed E-state index contributed by atoms with van der Waals surface area (Å²) in [7, 11) is 0. The number of nitrogens with one attached hydrogen (secondary N) is 3. The number of H-pyrrole nitrogens is 1. The lowest BCUT2D eigenvalue weighted by Crippen LogP contribution is -2.47. The smallest absolute Gasteiger partial charge is 0.237 e. The molecule has 2 atom stereocenters. The summed E-state index contributed by atoms with van der Waals surface area (Å²) in [6.45, 7) is 2.91. The van der Waals surface area contributed by atoms with Gasteiger partial charge in [0.1, 0.15) is 0 Å². The molecule has 0 aliphatic carbocycles. The molecule has 1 saturated heterocycles. The van der Waals surface area contributed by atoms with E-state index < -0.39 is 0 Å². The second-order valence-corrected chi connectivity index (χ2v) is 4.26. The molecule has 1 fully saturated rings. The normalized spacial score (nSPS) is 22.7. The second kappa shape index (κ2) is 5.12. The predicted molar refractivity (Wildman–Crippen MR) is 60.8 cm³/mol. The molecule has 0 spiro atoms. The molecule has 5 heteroatoms. The number of hydrogen-bond donors (Lipinski definition) is 3. The summed E-state index contributed by atoms with van der Waals surface area (Å²) >= 11 is 0. The monoisotopic (exact) mass is 222 g/mol. The maximum atomic E-state index is 11.9. The molecule has 0 radical (unpaired) electrons. The van der Waals surface area contributed by atoms with Crippen molar-refractivity contribution in [3.63, 3.8) is 0 Å². The molecular formula is C11H18N4O. The number of aromatic nitrogens is 2. The van der Waals surface area contributed by atoms with Crippen molar-refractivity contribution < 1.29 is 4.79 Å². The van der Waals surface area contributed by atoms with Crippen LogP contribution in [0.1, 0.15) is 37.8 Å². The highest BCUT2D eigenvalue weighted by Gasteiger charge is 2.22. The predicted octanol–water partition coefficient (Wildman–Crippen LogP) is 0.729. The first-order valence-electron chi connectivity index (χ1n) is 5.80. The number of amides is 1. The van der Waals surface area contributed by atoms with Crippen LogP contribution in [0.4, 0.5) is 0 Å². The molecule has 3 N–H and O–H groups in total. The lowest BCUT2D eigenvalue weighted by molar-refractivity contribution is -0.124. The van der Waals surface area contributed by atoms with Crippen LogP contribution in [-0.2, 0) is 4.79 Å². The fraction of sp³-hybridized carbons (Fsp3) is 0.636. The highest BCUT2D eigenvalue weighted by molar-refractivity contribution is 5.82. The second-order valence-electron chi connectivity index (χ2n) is 4.26. The highest BCUT2D eigenvalue weighted by atomic mass is 16.2. The molecule has 88 valence electrons. The molecule has 0 aromatic carbocycles. The van der Waals surface area contributed by atoms with Crippen LogP contribution in [0.15, 0.2) is 12.4 Å². The molecule has 16 heavy (non-hydrogen) atoms. The zero-order chi connectivity index (χ0) is 11.4. The minimum atomic E-state index is -0.0249. The van der Waals surface area contributed by atoms with Gasteiger partial charge in [-0.1, -0.05) is 6.42 Å². The molecule has 2 rings (SSSR count). The van der Waals surface area contributed by atoms with Gasteiger partial charge in [-0.15, -0.1) is 0 Å². The molecule has 1 aromatic heterocycles. The Balaban J connectivity index is 1.86. The molecule has 1 aliphatic heterocycles. The van der Waals surface area contributed by atoms with Gasteiger partial charge in [-0.3, -0.25) is 9.89 Å². The topological polar surface area (TPSA) is 69.8 Å². The van der Waals surface area contributed by atoms with E-state index in [0.29, 0.717) is 0 Å². The first-order chi connectivity index (χ1) is 7.77.